The van der Waals surface area contributed by atoms with Crippen LogP contribution in [0.3, 0.4) is 0 Å². The zero-order valence-corrected chi connectivity index (χ0v) is 13.4. The molecule has 1 heterocycles. The van der Waals surface area contributed by atoms with Crippen LogP contribution in [0.15, 0.2) is 54.6 Å². The van der Waals surface area contributed by atoms with Gasteiger partial charge in [-0.2, -0.15) is 0 Å². The van der Waals surface area contributed by atoms with Gasteiger partial charge < -0.3 is 15.0 Å². The van der Waals surface area contributed by atoms with Crippen molar-refractivity contribution in [3.63, 3.8) is 0 Å². The summed E-state index contributed by atoms with van der Waals surface area (Å²) in [6.45, 7) is 4.99. The van der Waals surface area contributed by atoms with Crippen LogP contribution < -0.4 is 10.1 Å². The van der Waals surface area contributed by atoms with E-state index in [2.05, 4.69) is 12.2 Å². The topological polar surface area (TPSA) is 41.6 Å². The molecule has 4 heteroatoms. The Morgan fingerprint density at radius 3 is 2.61 bits per heavy atom. The van der Waals surface area contributed by atoms with Gasteiger partial charge in [-0.15, -0.1) is 0 Å². The number of piperazine rings is 1. The Kier molecular flexibility index (Phi) is 4.93. The number of amides is 1. The fourth-order valence-electron chi connectivity index (χ4n) is 2.73. The maximum atomic E-state index is 12.5. The van der Waals surface area contributed by atoms with Crippen molar-refractivity contribution in [2.75, 3.05) is 19.6 Å². The van der Waals surface area contributed by atoms with E-state index in [0.717, 1.165) is 36.5 Å². The summed E-state index contributed by atoms with van der Waals surface area (Å²) < 4.78 is 5.72. The predicted octanol–water partition coefficient (Wildman–Crippen LogP) is 2.70. The second-order valence-electron chi connectivity index (χ2n) is 5.90. The standard InChI is InChI=1S/C19H22N2O2/c1-15-13-21(12-11-20-15)19(22)17-9-7-16(8-10-17)14-23-18-5-3-2-4-6-18/h2-10,15,20H,11-14H2,1H3. The van der Waals surface area contributed by atoms with Gasteiger partial charge in [0.05, 0.1) is 0 Å². The molecule has 1 aliphatic heterocycles. The van der Waals surface area contributed by atoms with Gasteiger partial charge in [-0.3, -0.25) is 4.79 Å². The summed E-state index contributed by atoms with van der Waals surface area (Å²) in [5.74, 6) is 0.955. The molecule has 2 aromatic carbocycles. The number of hydrogen-bond acceptors (Lipinski definition) is 3. The van der Waals surface area contributed by atoms with Gasteiger partial charge in [0.2, 0.25) is 0 Å². The third-order valence-electron chi connectivity index (χ3n) is 4.01. The molecule has 0 radical (unpaired) electrons. The van der Waals surface area contributed by atoms with Crippen molar-refractivity contribution in [2.24, 2.45) is 0 Å². The molecule has 0 aromatic heterocycles. The fourth-order valence-corrected chi connectivity index (χ4v) is 2.73. The molecule has 1 N–H and O–H groups in total. The lowest BCUT2D eigenvalue weighted by Crippen LogP contribution is -2.51. The first-order valence-corrected chi connectivity index (χ1v) is 8.02. The van der Waals surface area contributed by atoms with Crippen molar-refractivity contribution < 1.29 is 9.53 Å². The number of rotatable bonds is 4. The van der Waals surface area contributed by atoms with Crippen molar-refractivity contribution >= 4 is 5.91 Å². The minimum atomic E-state index is 0.105. The molecule has 0 aliphatic carbocycles. The molecule has 1 amide bonds. The van der Waals surface area contributed by atoms with E-state index in [1.165, 1.54) is 0 Å². The number of para-hydroxylation sites is 1. The molecule has 0 saturated carbocycles. The van der Waals surface area contributed by atoms with Crippen LogP contribution in [0, 0.1) is 0 Å². The van der Waals surface area contributed by atoms with Crippen LogP contribution in [-0.2, 0) is 6.61 Å². The van der Waals surface area contributed by atoms with E-state index in [0.29, 0.717) is 12.6 Å². The quantitative estimate of drug-likeness (QED) is 0.944. The van der Waals surface area contributed by atoms with Gasteiger partial charge >= 0.3 is 0 Å². The van der Waals surface area contributed by atoms with E-state index in [4.69, 9.17) is 4.74 Å². The highest BCUT2D eigenvalue weighted by atomic mass is 16.5. The Morgan fingerprint density at radius 1 is 1.17 bits per heavy atom. The number of nitrogens with one attached hydrogen (secondary N) is 1. The van der Waals surface area contributed by atoms with Crippen LogP contribution in [0.1, 0.15) is 22.8 Å². The molecule has 1 unspecified atom stereocenters. The van der Waals surface area contributed by atoms with E-state index in [-0.39, 0.29) is 5.91 Å². The SMILES string of the molecule is CC1CN(C(=O)c2ccc(COc3ccccc3)cc2)CCN1. The molecule has 120 valence electrons. The Bertz CT molecular complexity index is 640. The number of benzene rings is 2. The maximum Gasteiger partial charge on any atom is 0.253 e. The van der Waals surface area contributed by atoms with Gasteiger partial charge in [-0.05, 0) is 36.8 Å². The van der Waals surface area contributed by atoms with Crippen molar-refractivity contribution in [1.29, 1.82) is 0 Å². The molecule has 2 aromatic rings. The van der Waals surface area contributed by atoms with E-state index >= 15 is 0 Å². The molecule has 1 saturated heterocycles. The van der Waals surface area contributed by atoms with E-state index in [1.54, 1.807) is 0 Å². The third-order valence-corrected chi connectivity index (χ3v) is 4.01. The first-order chi connectivity index (χ1) is 11.2. The van der Waals surface area contributed by atoms with Crippen LogP contribution in [-0.4, -0.2) is 36.5 Å². The number of ether oxygens (including phenoxy) is 1. The minimum absolute atomic E-state index is 0.105. The average molecular weight is 310 g/mol. The Balaban J connectivity index is 1.59. The lowest BCUT2D eigenvalue weighted by atomic mass is 10.1. The first-order valence-electron chi connectivity index (χ1n) is 8.02. The van der Waals surface area contributed by atoms with E-state index in [9.17, 15) is 4.79 Å². The molecule has 1 fully saturated rings. The molecule has 0 bridgehead atoms. The van der Waals surface area contributed by atoms with E-state index < -0.39 is 0 Å². The number of carbonyl (C=O) groups is 1. The highest BCUT2D eigenvalue weighted by Gasteiger charge is 2.21. The van der Waals surface area contributed by atoms with Crippen molar-refractivity contribution in [3.8, 4) is 5.75 Å². The molecule has 3 rings (SSSR count). The molecule has 1 aliphatic rings. The largest absolute Gasteiger partial charge is 0.489 e. The zero-order valence-electron chi connectivity index (χ0n) is 13.4. The molecule has 23 heavy (non-hydrogen) atoms. The van der Waals surface area contributed by atoms with Crippen molar-refractivity contribution in [2.45, 2.75) is 19.6 Å². The van der Waals surface area contributed by atoms with Gasteiger partial charge in [0.15, 0.2) is 0 Å². The van der Waals surface area contributed by atoms with Crippen LogP contribution in [0.25, 0.3) is 0 Å². The summed E-state index contributed by atoms with van der Waals surface area (Å²) >= 11 is 0. The Morgan fingerprint density at radius 2 is 1.91 bits per heavy atom. The van der Waals surface area contributed by atoms with Gasteiger partial charge in [-0.25, -0.2) is 0 Å². The predicted molar refractivity (Wildman–Crippen MR) is 90.6 cm³/mol. The maximum absolute atomic E-state index is 12.5. The minimum Gasteiger partial charge on any atom is -0.489 e. The lowest BCUT2D eigenvalue weighted by Gasteiger charge is -2.32. The summed E-state index contributed by atoms with van der Waals surface area (Å²) in [6, 6.07) is 17.8. The first kappa shape index (κ1) is 15.6. The zero-order chi connectivity index (χ0) is 16.1. The molecule has 4 nitrogen and oxygen atoms in total. The normalized spacial score (nSPS) is 17.8. The van der Waals surface area contributed by atoms with Gasteiger partial charge in [0.1, 0.15) is 12.4 Å². The molecule has 1 atom stereocenters. The monoisotopic (exact) mass is 310 g/mol. The summed E-state index contributed by atoms with van der Waals surface area (Å²) in [6.07, 6.45) is 0. The van der Waals surface area contributed by atoms with Gasteiger partial charge in [0.25, 0.3) is 5.91 Å². The molecular formula is C19H22N2O2. The summed E-state index contributed by atoms with van der Waals surface area (Å²) in [5, 5.41) is 3.35. The summed E-state index contributed by atoms with van der Waals surface area (Å²) in [7, 11) is 0. The highest BCUT2D eigenvalue weighted by Crippen LogP contribution is 2.13. The van der Waals surface area contributed by atoms with Crippen LogP contribution >= 0.6 is 0 Å². The number of hydrogen-bond donors (Lipinski definition) is 1. The average Bonchev–Trinajstić information content (AvgIpc) is 2.61. The van der Waals surface area contributed by atoms with Gasteiger partial charge in [0, 0.05) is 31.2 Å². The second-order valence-corrected chi connectivity index (χ2v) is 5.90. The Hall–Kier alpha value is -2.33. The smallest absolute Gasteiger partial charge is 0.253 e. The van der Waals surface area contributed by atoms with Crippen molar-refractivity contribution in [1.82, 2.24) is 10.2 Å². The molecular weight excluding hydrogens is 288 g/mol. The summed E-state index contributed by atoms with van der Waals surface area (Å²) in [5.41, 5.74) is 1.79. The van der Waals surface area contributed by atoms with E-state index in [1.807, 2.05) is 59.5 Å². The molecule has 0 spiro atoms. The van der Waals surface area contributed by atoms with Crippen LogP contribution in [0.4, 0.5) is 0 Å². The highest BCUT2D eigenvalue weighted by molar-refractivity contribution is 5.94. The second kappa shape index (κ2) is 7.29. The van der Waals surface area contributed by atoms with Crippen molar-refractivity contribution in [3.05, 3.63) is 65.7 Å². The Labute approximate surface area is 137 Å². The number of carbonyl (C=O) groups excluding carboxylic acids is 1. The summed E-state index contributed by atoms with van der Waals surface area (Å²) in [4.78, 5) is 14.4. The van der Waals surface area contributed by atoms with Crippen LogP contribution in [0.5, 0.6) is 5.75 Å². The van der Waals surface area contributed by atoms with Crippen LogP contribution in [0.2, 0.25) is 0 Å². The third kappa shape index (κ3) is 4.11. The number of nitrogens with zero attached hydrogens (tertiary/aromatic N) is 1. The lowest BCUT2D eigenvalue weighted by molar-refractivity contribution is 0.0709. The fraction of sp³-hybridized carbons (Fsp3) is 0.316. The van der Waals surface area contributed by atoms with Gasteiger partial charge in [-0.1, -0.05) is 30.3 Å².